The van der Waals surface area contributed by atoms with Crippen LogP contribution in [0, 0.1) is 0 Å². The smallest absolute Gasteiger partial charge is 0.251 e. The van der Waals surface area contributed by atoms with E-state index in [1.54, 1.807) is 0 Å². The van der Waals surface area contributed by atoms with Gasteiger partial charge in [-0.1, -0.05) is 42.5 Å². The minimum Gasteiger partial charge on any atom is -0.360 e. The van der Waals surface area contributed by atoms with Crippen molar-refractivity contribution in [1.82, 2.24) is 9.80 Å². The number of piperidine rings is 1. The minimum absolute atomic E-state index is 0.0343. The van der Waals surface area contributed by atoms with E-state index in [2.05, 4.69) is 40.5 Å². The van der Waals surface area contributed by atoms with Gasteiger partial charge in [0.05, 0.1) is 12.1 Å². The lowest BCUT2D eigenvalue weighted by Gasteiger charge is -2.49. The summed E-state index contributed by atoms with van der Waals surface area (Å²) in [5.74, 6) is -0.0664. The van der Waals surface area contributed by atoms with E-state index in [0.29, 0.717) is 13.1 Å². The summed E-state index contributed by atoms with van der Waals surface area (Å²) >= 11 is 0. The summed E-state index contributed by atoms with van der Waals surface area (Å²) in [5, 5.41) is 2.82. The maximum atomic E-state index is 12.9. The molecule has 170 valence electrons. The lowest BCUT2D eigenvalue weighted by atomic mass is 9.88. The maximum absolute atomic E-state index is 12.9. The van der Waals surface area contributed by atoms with Gasteiger partial charge in [0.25, 0.3) is 5.91 Å². The molecule has 1 spiro atoms. The zero-order chi connectivity index (χ0) is 22.6. The fourth-order valence-electron chi connectivity index (χ4n) is 4.84. The number of amides is 2. The van der Waals surface area contributed by atoms with Crippen LogP contribution >= 0.6 is 0 Å². The lowest BCUT2D eigenvalue weighted by Crippen LogP contribution is -2.61. The highest BCUT2D eigenvalue weighted by molar-refractivity contribution is 5.88. The number of anilines is 1. The molecule has 6 nitrogen and oxygen atoms in total. The number of morpholine rings is 1. The van der Waals surface area contributed by atoms with Crippen LogP contribution in [0.15, 0.2) is 54.6 Å². The van der Waals surface area contributed by atoms with Crippen molar-refractivity contribution in [2.75, 3.05) is 31.5 Å². The molecule has 2 aliphatic heterocycles. The van der Waals surface area contributed by atoms with Gasteiger partial charge in [0.1, 0.15) is 6.10 Å². The van der Waals surface area contributed by atoms with Crippen molar-refractivity contribution >= 4 is 17.5 Å². The zero-order valence-electron chi connectivity index (χ0n) is 19.0. The third-order valence-electron chi connectivity index (χ3n) is 6.51. The van der Waals surface area contributed by atoms with Crippen molar-refractivity contribution in [2.45, 2.75) is 51.4 Å². The third kappa shape index (κ3) is 5.56. The molecule has 6 heteroatoms. The number of nitrogens with one attached hydrogen (secondary N) is 1. The van der Waals surface area contributed by atoms with Crippen LogP contribution in [0.25, 0.3) is 0 Å². The molecule has 4 rings (SSSR count). The standard InChI is InChI=1S/C26H33N3O3/c1-20-25(31)29(18-23-9-6-10-24(17-23)27-21(2)30)19-26(32-20)12-15-28(16-13-26)14-11-22-7-4-3-5-8-22/h3-10,17,20H,11-16,18-19H2,1-2H3,(H,27,30). The van der Waals surface area contributed by atoms with Crippen LogP contribution < -0.4 is 5.32 Å². The van der Waals surface area contributed by atoms with E-state index in [1.807, 2.05) is 36.1 Å². The van der Waals surface area contributed by atoms with Crippen molar-refractivity contribution in [1.29, 1.82) is 0 Å². The molecule has 1 N–H and O–H groups in total. The van der Waals surface area contributed by atoms with Crippen LogP contribution in [0.1, 0.15) is 37.8 Å². The first-order chi connectivity index (χ1) is 15.4. The molecule has 2 aliphatic rings. The molecule has 2 aromatic carbocycles. The number of carbonyl (C=O) groups is 2. The Morgan fingerprint density at radius 2 is 1.81 bits per heavy atom. The lowest BCUT2D eigenvalue weighted by molar-refractivity contribution is -0.190. The van der Waals surface area contributed by atoms with E-state index in [9.17, 15) is 9.59 Å². The Kier molecular flexibility index (Phi) is 6.92. The van der Waals surface area contributed by atoms with E-state index in [1.165, 1.54) is 12.5 Å². The topological polar surface area (TPSA) is 61.9 Å². The van der Waals surface area contributed by atoms with Gasteiger partial charge in [0, 0.05) is 38.8 Å². The van der Waals surface area contributed by atoms with Gasteiger partial charge in [0.2, 0.25) is 5.91 Å². The second kappa shape index (κ2) is 9.84. The molecule has 32 heavy (non-hydrogen) atoms. The number of nitrogens with zero attached hydrogens (tertiary/aromatic N) is 2. The fourth-order valence-corrected chi connectivity index (χ4v) is 4.84. The number of ether oxygens (including phenoxy) is 1. The normalized spacial score (nSPS) is 21.0. The highest BCUT2D eigenvalue weighted by Crippen LogP contribution is 2.33. The first-order valence-electron chi connectivity index (χ1n) is 11.5. The summed E-state index contributed by atoms with van der Waals surface area (Å²) in [7, 11) is 0. The maximum Gasteiger partial charge on any atom is 0.251 e. The van der Waals surface area contributed by atoms with Crippen molar-refractivity contribution in [3.8, 4) is 0 Å². The van der Waals surface area contributed by atoms with E-state index >= 15 is 0 Å². The summed E-state index contributed by atoms with van der Waals surface area (Å²) in [6, 6.07) is 18.3. The first kappa shape index (κ1) is 22.5. The molecule has 1 atom stereocenters. The molecule has 0 radical (unpaired) electrons. The molecular weight excluding hydrogens is 402 g/mol. The van der Waals surface area contributed by atoms with Gasteiger partial charge in [-0.05, 0) is 49.4 Å². The molecule has 1 unspecified atom stereocenters. The van der Waals surface area contributed by atoms with Crippen LogP contribution in [0.3, 0.4) is 0 Å². The van der Waals surface area contributed by atoms with Crippen LogP contribution in [0.5, 0.6) is 0 Å². The van der Waals surface area contributed by atoms with E-state index < -0.39 is 6.10 Å². The summed E-state index contributed by atoms with van der Waals surface area (Å²) in [6.07, 6.45) is 2.49. The van der Waals surface area contributed by atoms with Gasteiger partial charge in [0.15, 0.2) is 0 Å². The predicted octanol–water partition coefficient (Wildman–Crippen LogP) is 3.47. The Morgan fingerprint density at radius 1 is 1.09 bits per heavy atom. The van der Waals surface area contributed by atoms with Gasteiger partial charge in [-0.25, -0.2) is 0 Å². The fraction of sp³-hybridized carbons (Fsp3) is 0.462. The van der Waals surface area contributed by atoms with Crippen molar-refractivity contribution < 1.29 is 14.3 Å². The highest BCUT2D eigenvalue weighted by Gasteiger charge is 2.45. The van der Waals surface area contributed by atoms with Gasteiger partial charge < -0.3 is 19.9 Å². The van der Waals surface area contributed by atoms with Gasteiger partial charge in [-0.2, -0.15) is 0 Å². The Balaban J connectivity index is 1.36. The molecule has 2 saturated heterocycles. The van der Waals surface area contributed by atoms with Crippen molar-refractivity contribution in [3.63, 3.8) is 0 Å². The second-order valence-corrected chi connectivity index (χ2v) is 9.10. The zero-order valence-corrected chi connectivity index (χ0v) is 19.0. The van der Waals surface area contributed by atoms with Crippen LogP contribution in [0.4, 0.5) is 5.69 Å². The average Bonchev–Trinajstić information content (AvgIpc) is 2.77. The molecule has 0 bridgehead atoms. The molecule has 2 heterocycles. The van der Waals surface area contributed by atoms with Gasteiger partial charge >= 0.3 is 0 Å². The number of hydrogen-bond acceptors (Lipinski definition) is 4. The Bertz CT molecular complexity index is 938. The second-order valence-electron chi connectivity index (χ2n) is 9.10. The van der Waals surface area contributed by atoms with Crippen LogP contribution in [0.2, 0.25) is 0 Å². The van der Waals surface area contributed by atoms with Crippen LogP contribution in [-0.2, 0) is 27.3 Å². The molecule has 0 aliphatic carbocycles. The highest BCUT2D eigenvalue weighted by atomic mass is 16.5. The number of hydrogen-bond donors (Lipinski definition) is 1. The number of rotatable bonds is 6. The first-order valence-corrected chi connectivity index (χ1v) is 11.5. The van der Waals surface area contributed by atoms with Gasteiger partial charge in [-0.3, -0.25) is 9.59 Å². The van der Waals surface area contributed by atoms with Crippen molar-refractivity contribution in [2.24, 2.45) is 0 Å². The SMILES string of the molecule is CC(=O)Nc1cccc(CN2CC3(CCN(CCc4ccccc4)CC3)OC(C)C2=O)c1. The number of carbonyl (C=O) groups excluding carboxylic acids is 2. The van der Waals surface area contributed by atoms with Crippen LogP contribution in [-0.4, -0.2) is 59.5 Å². The summed E-state index contributed by atoms with van der Waals surface area (Å²) in [4.78, 5) is 28.7. The number of benzene rings is 2. The monoisotopic (exact) mass is 435 g/mol. The molecule has 2 fully saturated rings. The Hall–Kier alpha value is -2.70. The largest absolute Gasteiger partial charge is 0.360 e. The Labute approximate surface area is 190 Å². The Morgan fingerprint density at radius 3 is 2.53 bits per heavy atom. The molecule has 0 aromatic heterocycles. The summed E-state index contributed by atoms with van der Waals surface area (Å²) in [6.45, 7) is 7.53. The average molecular weight is 436 g/mol. The quantitative estimate of drug-likeness (QED) is 0.755. The van der Waals surface area contributed by atoms with E-state index in [-0.39, 0.29) is 17.4 Å². The molecule has 2 amide bonds. The molecular formula is C26H33N3O3. The number of likely N-dealkylation sites (tertiary alicyclic amines) is 1. The van der Waals surface area contributed by atoms with E-state index in [4.69, 9.17) is 4.74 Å². The predicted molar refractivity (Wildman–Crippen MR) is 125 cm³/mol. The third-order valence-corrected chi connectivity index (χ3v) is 6.51. The minimum atomic E-state index is -0.432. The van der Waals surface area contributed by atoms with E-state index in [0.717, 1.165) is 50.1 Å². The summed E-state index contributed by atoms with van der Waals surface area (Å²) < 4.78 is 6.31. The van der Waals surface area contributed by atoms with Crippen molar-refractivity contribution in [3.05, 3.63) is 65.7 Å². The molecule has 0 saturated carbocycles. The summed E-state index contributed by atoms with van der Waals surface area (Å²) in [5.41, 5.74) is 2.86. The molecule has 2 aromatic rings. The van der Waals surface area contributed by atoms with Gasteiger partial charge in [-0.15, -0.1) is 0 Å².